The smallest absolute Gasteiger partial charge is 0.165 e. The molecule has 0 aromatic carbocycles. The van der Waals surface area contributed by atoms with Crippen molar-refractivity contribution >= 4 is 21.8 Å². The number of fused-ring (bicyclic) bond motifs is 1. The molecule has 0 amide bonds. The van der Waals surface area contributed by atoms with Crippen molar-refractivity contribution in [2.24, 2.45) is 0 Å². The van der Waals surface area contributed by atoms with Gasteiger partial charge >= 0.3 is 0 Å². The lowest BCUT2D eigenvalue weighted by Gasteiger charge is -1.97. The Kier molecular flexibility index (Phi) is 1.88. The van der Waals surface area contributed by atoms with E-state index in [1.807, 2.05) is 0 Å². The van der Waals surface area contributed by atoms with Crippen LogP contribution < -0.4 is 0 Å². The van der Waals surface area contributed by atoms with Crippen molar-refractivity contribution in [1.82, 2.24) is 9.97 Å². The van der Waals surface area contributed by atoms with Crippen molar-refractivity contribution in [1.29, 1.82) is 0 Å². The third kappa shape index (κ3) is 1.35. The first-order chi connectivity index (χ1) is 6.18. The SMILES string of the molecule is CS(=O)c1nc2[nH]ccc2cc1F. The zero-order chi connectivity index (χ0) is 9.42. The van der Waals surface area contributed by atoms with E-state index in [1.165, 1.54) is 12.3 Å². The van der Waals surface area contributed by atoms with E-state index >= 15 is 0 Å². The topological polar surface area (TPSA) is 45.8 Å². The summed E-state index contributed by atoms with van der Waals surface area (Å²) in [7, 11) is -1.39. The molecule has 0 bridgehead atoms. The molecule has 2 heterocycles. The summed E-state index contributed by atoms with van der Waals surface area (Å²) in [6, 6.07) is 3.04. The molecule has 68 valence electrons. The average molecular weight is 198 g/mol. The fourth-order valence-electron chi connectivity index (χ4n) is 1.14. The van der Waals surface area contributed by atoms with E-state index in [-0.39, 0.29) is 5.03 Å². The van der Waals surface area contributed by atoms with Crippen LogP contribution in [0.15, 0.2) is 23.4 Å². The number of hydrogen-bond donors (Lipinski definition) is 1. The molecule has 0 fully saturated rings. The molecule has 0 spiro atoms. The number of rotatable bonds is 1. The lowest BCUT2D eigenvalue weighted by Crippen LogP contribution is -1.97. The third-order valence-corrected chi connectivity index (χ3v) is 2.56. The van der Waals surface area contributed by atoms with Crippen LogP contribution in [0.1, 0.15) is 0 Å². The van der Waals surface area contributed by atoms with Crippen LogP contribution in [-0.2, 0) is 10.8 Å². The molecule has 0 aliphatic carbocycles. The fourth-order valence-corrected chi connectivity index (χ4v) is 1.69. The lowest BCUT2D eigenvalue weighted by molar-refractivity contribution is 0.585. The number of hydrogen-bond acceptors (Lipinski definition) is 2. The van der Waals surface area contributed by atoms with E-state index in [2.05, 4.69) is 9.97 Å². The molecule has 0 saturated carbocycles. The van der Waals surface area contributed by atoms with Crippen LogP contribution in [0.5, 0.6) is 0 Å². The van der Waals surface area contributed by atoms with Gasteiger partial charge < -0.3 is 4.98 Å². The van der Waals surface area contributed by atoms with Crippen LogP contribution >= 0.6 is 0 Å². The van der Waals surface area contributed by atoms with Crippen molar-refractivity contribution in [2.45, 2.75) is 5.03 Å². The molecule has 0 radical (unpaired) electrons. The summed E-state index contributed by atoms with van der Waals surface area (Å²) in [5.41, 5.74) is 0.562. The van der Waals surface area contributed by atoms with Crippen molar-refractivity contribution in [3.05, 3.63) is 24.1 Å². The van der Waals surface area contributed by atoms with Gasteiger partial charge in [-0.15, -0.1) is 0 Å². The minimum Gasteiger partial charge on any atom is -0.346 e. The lowest BCUT2D eigenvalue weighted by atomic mass is 10.3. The van der Waals surface area contributed by atoms with Crippen LogP contribution in [0, 0.1) is 5.82 Å². The zero-order valence-corrected chi connectivity index (χ0v) is 7.69. The molecule has 1 unspecified atom stereocenters. The van der Waals surface area contributed by atoms with Gasteiger partial charge in [-0.25, -0.2) is 9.37 Å². The molecular formula is C8H7FN2OS. The van der Waals surface area contributed by atoms with Gasteiger partial charge in [0.25, 0.3) is 0 Å². The quantitative estimate of drug-likeness (QED) is 0.753. The molecule has 2 aromatic rings. The zero-order valence-electron chi connectivity index (χ0n) is 6.87. The van der Waals surface area contributed by atoms with E-state index < -0.39 is 16.6 Å². The highest BCUT2D eigenvalue weighted by atomic mass is 32.2. The van der Waals surface area contributed by atoms with E-state index in [4.69, 9.17) is 0 Å². The van der Waals surface area contributed by atoms with E-state index in [9.17, 15) is 8.60 Å². The Bertz CT molecular complexity index is 480. The molecule has 2 rings (SSSR count). The van der Waals surface area contributed by atoms with Gasteiger partial charge in [-0.05, 0) is 12.1 Å². The Labute approximate surface area is 76.4 Å². The normalized spacial score (nSPS) is 13.4. The van der Waals surface area contributed by atoms with Crippen molar-refractivity contribution in [3.8, 4) is 0 Å². The summed E-state index contributed by atoms with van der Waals surface area (Å²) in [5.74, 6) is -0.520. The standard InChI is InChI=1S/C8H7FN2OS/c1-13(12)8-6(9)4-5-2-3-10-7(5)11-8/h2-4H,1H3,(H,10,11). The first-order valence-electron chi connectivity index (χ1n) is 3.65. The molecule has 0 aliphatic rings. The second-order valence-corrected chi connectivity index (χ2v) is 3.94. The van der Waals surface area contributed by atoms with Gasteiger partial charge in [0.1, 0.15) is 5.65 Å². The minimum absolute atomic E-state index is 0.00468. The second-order valence-electron chi connectivity index (χ2n) is 2.64. The average Bonchev–Trinajstić information content (AvgIpc) is 2.48. The Morgan fingerprint density at radius 3 is 3.08 bits per heavy atom. The Hall–Kier alpha value is -1.23. The Balaban J connectivity index is 2.76. The summed E-state index contributed by atoms with van der Waals surface area (Å²) >= 11 is 0. The maximum Gasteiger partial charge on any atom is 0.165 e. The molecular weight excluding hydrogens is 191 g/mol. The largest absolute Gasteiger partial charge is 0.346 e. The first-order valence-corrected chi connectivity index (χ1v) is 5.21. The van der Waals surface area contributed by atoms with Gasteiger partial charge in [0.15, 0.2) is 10.8 Å². The number of nitrogens with one attached hydrogen (secondary N) is 1. The monoisotopic (exact) mass is 198 g/mol. The molecule has 0 saturated heterocycles. The van der Waals surface area contributed by atoms with E-state index in [0.29, 0.717) is 11.0 Å². The molecule has 3 nitrogen and oxygen atoms in total. The summed E-state index contributed by atoms with van der Waals surface area (Å²) in [6.07, 6.45) is 3.07. The van der Waals surface area contributed by atoms with Crippen LogP contribution in [0.2, 0.25) is 0 Å². The molecule has 2 aromatic heterocycles. The van der Waals surface area contributed by atoms with E-state index in [0.717, 1.165) is 0 Å². The number of pyridine rings is 1. The fraction of sp³-hybridized carbons (Fsp3) is 0.125. The van der Waals surface area contributed by atoms with Crippen LogP contribution in [0.3, 0.4) is 0 Å². The molecule has 5 heteroatoms. The number of H-pyrrole nitrogens is 1. The van der Waals surface area contributed by atoms with Crippen LogP contribution in [0.25, 0.3) is 11.0 Å². The maximum atomic E-state index is 13.2. The highest BCUT2D eigenvalue weighted by Gasteiger charge is 2.09. The number of halogens is 1. The predicted octanol–water partition coefficient (Wildman–Crippen LogP) is 1.44. The Morgan fingerprint density at radius 1 is 1.62 bits per heavy atom. The summed E-state index contributed by atoms with van der Waals surface area (Å²) < 4.78 is 24.2. The summed E-state index contributed by atoms with van der Waals surface area (Å²) in [4.78, 5) is 6.73. The van der Waals surface area contributed by atoms with Gasteiger partial charge in [-0.3, -0.25) is 4.21 Å². The van der Waals surface area contributed by atoms with Crippen LogP contribution in [0.4, 0.5) is 4.39 Å². The number of aromatic nitrogens is 2. The minimum atomic E-state index is -1.39. The van der Waals surface area contributed by atoms with E-state index in [1.54, 1.807) is 12.3 Å². The van der Waals surface area contributed by atoms with Gasteiger partial charge in [0, 0.05) is 17.8 Å². The molecule has 13 heavy (non-hydrogen) atoms. The molecule has 1 N–H and O–H groups in total. The predicted molar refractivity (Wildman–Crippen MR) is 48.4 cm³/mol. The van der Waals surface area contributed by atoms with Gasteiger partial charge in [0.2, 0.25) is 0 Å². The van der Waals surface area contributed by atoms with Gasteiger partial charge in [-0.1, -0.05) is 0 Å². The van der Waals surface area contributed by atoms with Gasteiger partial charge in [-0.2, -0.15) is 0 Å². The third-order valence-electron chi connectivity index (χ3n) is 1.73. The Morgan fingerprint density at radius 2 is 2.38 bits per heavy atom. The molecule has 1 atom stereocenters. The summed E-state index contributed by atoms with van der Waals surface area (Å²) in [5, 5.41) is 0.682. The van der Waals surface area contributed by atoms with Crippen molar-refractivity contribution in [3.63, 3.8) is 0 Å². The maximum absolute atomic E-state index is 13.2. The number of nitrogens with zero attached hydrogens (tertiary/aromatic N) is 1. The second kappa shape index (κ2) is 2.92. The van der Waals surface area contributed by atoms with Crippen molar-refractivity contribution < 1.29 is 8.60 Å². The summed E-state index contributed by atoms with van der Waals surface area (Å²) in [6.45, 7) is 0. The highest BCUT2D eigenvalue weighted by Crippen LogP contribution is 2.15. The van der Waals surface area contributed by atoms with Crippen molar-refractivity contribution in [2.75, 3.05) is 6.26 Å². The van der Waals surface area contributed by atoms with Gasteiger partial charge in [0.05, 0.1) is 10.8 Å². The molecule has 0 aliphatic heterocycles. The highest BCUT2D eigenvalue weighted by molar-refractivity contribution is 7.84. The first kappa shape index (κ1) is 8.37. The number of aromatic amines is 1. The van der Waals surface area contributed by atoms with Crippen LogP contribution in [-0.4, -0.2) is 20.4 Å².